The summed E-state index contributed by atoms with van der Waals surface area (Å²) < 4.78 is 4.15. The summed E-state index contributed by atoms with van der Waals surface area (Å²) in [5.74, 6) is -0.0767. The van der Waals surface area contributed by atoms with Gasteiger partial charge in [0.2, 0.25) is 0 Å². The number of hydrogen-bond donors (Lipinski definition) is 2. The van der Waals surface area contributed by atoms with Gasteiger partial charge in [-0.1, -0.05) is 0 Å². The van der Waals surface area contributed by atoms with Gasteiger partial charge in [0.15, 0.2) is 0 Å². The number of carbonyl (C=O) groups excluding carboxylic acids is 1. The van der Waals surface area contributed by atoms with Crippen LogP contribution in [0.4, 0.5) is 5.00 Å². The van der Waals surface area contributed by atoms with E-state index >= 15 is 0 Å². The van der Waals surface area contributed by atoms with Crippen LogP contribution < -0.4 is 5.32 Å². The maximum atomic E-state index is 12.2. The van der Waals surface area contributed by atoms with E-state index in [1.807, 2.05) is 13.8 Å². The number of nitrogens with zero attached hydrogens (tertiary/aromatic N) is 2. The number of aliphatic hydroxyl groups excluding tert-OH is 1. The maximum Gasteiger partial charge on any atom is 0.258 e. The zero-order chi connectivity index (χ0) is 12.1. The quantitative estimate of drug-likeness (QED) is 0.808. The minimum atomic E-state index is -0.0767. The highest BCUT2D eigenvalue weighted by molar-refractivity contribution is 7.10. The standard InChI is InChI=1S/C10H17N3O2S/c1-4-13(5-6-14)10(15)8-7(2)12-16-9(8)11-3/h11,14H,4-6H2,1-3H3. The molecule has 0 bridgehead atoms. The molecule has 1 aromatic heterocycles. The zero-order valence-corrected chi connectivity index (χ0v) is 10.6. The number of aryl methyl sites for hydroxylation is 1. The smallest absolute Gasteiger partial charge is 0.258 e. The average molecular weight is 243 g/mol. The van der Waals surface area contributed by atoms with E-state index in [0.29, 0.717) is 18.7 Å². The number of aliphatic hydroxyl groups is 1. The van der Waals surface area contributed by atoms with E-state index in [9.17, 15) is 4.79 Å². The number of likely N-dealkylation sites (N-methyl/N-ethyl adjacent to an activating group) is 1. The first kappa shape index (κ1) is 12.9. The molecule has 1 heterocycles. The van der Waals surface area contributed by atoms with Gasteiger partial charge < -0.3 is 15.3 Å². The third-order valence-corrected chi connectivity index (χ3v) is 3.30. The van der Waals surface area contributed by atoms with Crippen LogP contribution in [0.1, 0.15) is 23.0 Å². The highest BCUT2D eigenvalue weighted by atomic mass is 32.1. The molecule has 90 valence electrons. The summed E-state index contributed by atoms with van der Waals surface area (Å²) in [5, 5.41) is 12.6. The lowest BCUT2D eigenvalue weighted by atomic mass is 10.2. The molecule has 0 spiro atoms. The molecule has 0 aliphatic heterocycles. The van der Waals surface area contributed by atoms with Crippen molar-refractivity contribution in [2.24, 2.45) is 0 Å². The van der Waals surface area contributed by atoms with E-state index in [2.05, 4.69) is 9.69 Å². The molecule has 0 aromatic carbocycles. The predicted octanol–water partition coefficient (Wildman–Crippen LogP) is 0.948. The van der Waals surface area contributed by atoms with Gasteiger partial charge in [0.05, 0.1) is 17.9 Å². The number of nitrogens with one attached hydrogen (secondary N) is 1. The normalized spacial score (nSPS) is 10.2. The predicted molar refractivity (Wildman–Crippen MR) is 65.1 cm³/mol. The summed E-state index contributed by atoms with van der Waals surface area (Å²) in [6, 6.07) is 0. The summed E-state index contributed by atoms with van der Waals surface area (Å²) in [5.41, 5.74) is 1.35. The molecule has 6 heteroatoms. The minimum absolute atomic E-state index is 0.0227. The van der Waals surface area contributed by atoms with Crippen molar-refractivity contribution in [3.63, 3.8) is 0 Å². The lowest BCUT2D eigenvalue weighted by Crippen LogP contribution is -2.33. The molecule has 0 aliphatic carbocycles. The fourth-order valence-corrected chi connectivity index (χ4v) is 2.21. The van der Waals surface area contributed by atoms with Crippen LogP contribution in [0.15, 0.2) is 0 Å². The summed E-state index contributed by atoms with van der Waals surface area (Å²) >= 11 is 1.28. The Kier molecular flexibility index (Phi) is 4.70. The summed E-state index contributed by atoms with van der Waals surface area (Å²) in [6.45, 7) is 4.62. The van der Waals surface area contributed by atoms with Gasteiger partial charge in [-0.3, -0.25) is 4.79 Å². The average Bonchev–Trinajstić information content (AvgIpc) is 2.66. The number of amides is 1. The van der Waals surface area contributed by atoms with Crippen LogP contribution in [0.25, 0.3) is 0 Å². The van der Waals surface area contributed by atoms with Crippen molar-refractivity contribution in [2.45, 2.75) is 13.8 Å². The monoisotopic (exact) mass is 243 g/mol. The molecule has 1 aromatic rings. The van der Waals surface area contributed by atoms with Gasteiger partial charge in [0.25, 0.3) is 5.91 Å². The molecule has 2 N–H and O–H groups in total. The Hall–Kier alpha value is -1.14. The molecule has 0 fully saturated rings. The molecular weight excluding hydrogens is 226 g/mol. The van der Waals surface area contributed by atoms with Crippen molar-refractivity contribution in [1.29, 1.82) is 0 Å². The van der Waals surface area contributed by atoms with E-state index < -0.39 is 0 Å². The van der Waals surface area contributed by atoms with Gasteiger partial charge in [-0.25, -0.2) is 0 Å². The number of carbonyl (C=O) groups is 1. The summed E-state index contributed by atoms with van der Waals surface area (Å²) in [6.07, 6.45) is 0. The third kappa shape index (κ3) is 2.51. The maximum absolute atomic E-state index is 12.2. The van der Waals surface area contributed by atoms with Gasteiger partial charge in [-0.15, -0.1) is 0 Å². The second-order valence-corrected chi connectivity index (χ2v) is 4.10. The molecule has 5 nitrogen and oxygen atoms in total. The molecular formula is C10H17N3O2S. The Bertz CT molecular complexity index is 365. The Morgan fingerprint density at radius 2 is 2.31 bits per heavy atom. The first-order valence-corrected chi connectivity index (χ1v) is 5.97. The molecule has 0 radical (unpaired) electrons. The Labute approximate surface area is 99.3 Å². The Morgan fingerprint density at radius 3 is 2.81 bits per heavy atom. The molecule has 1 amide bonds. The molecule has 0 saturated carbocycles. The van der Waals surface area contributed by atoms with Crippen molar-refractivity contribution >= 4 is 22.4 Å². The SMILES string of the molecule is CCN(CCO)C(=O)c1c(C)nsc1NC. The zero-order valence-electron chi connectivity index (χ0n) is 9.78. The topological polar surface area (TPSA) is 65.5 Å². The van der Waals surface area contributed by atoms with Crippen molar-refractivity contribution in [2.75, 3.05) is 32.1 Å². The van der Waals surface area contributed by atoms with Crippen molar-refractivity contribution in [3.05, 3.63) is 11.3 Å². The third-order valence-electron chi connectivity index (χ3n) is 2.34. The lowest BCUT2D eigenvalue weighted by Gasteiger charge is -2.19. The Balaban J connectivity index is 2.97. The van der Waals surface area contributed by atoms with E-state index in [4.69, 9.17) is 5.11 Å². The van der Waals surface area contributed by atoms with Gasteiger partial charge >= 0.3 is 0 Å². The van der Waals surface area contributed by atoms with Crippen LogP contribution in [-0.2, 0) is 0 Å². The molecule has 0 saturated heterocycles. The fourth-order valence-electron chi connectivity index (χ4n) is 1.47. The number of rotatable bonds is 5. The second kappa shape index (κ2) is 5.81. The first-order valence-electron chi connectivity index (χ1n) is 5.19. The van der Waals surface area contributed by atoms with Gasteiger partial charge in [-0.2, -0.15) is 4.37 Å². The largest absolute Gasteiger partial charge is 0.395 e. The van der Waals surface area contributed by atoms with Crippen molar-refractivity contribution in [1.82, 2.24) is 9.27 Å². The van der Waals surface area contributed by atoms with Crippen LogP contribution in [0.3, 0.4) is 0 Å². The minimum Gasteiger partial charge on any atom is -0.395 e. The summed E-state index contributed by atoms with van der Waals surface area (Å²) in [7, 11) is 1.77. The van der Waals surface area contributed by atoms with Crippen LogP contribution in [0, 0.1) is 6.92 Å². The molecule has 0 unspecified atom stereocenters. The van der Waals surface area contributed by atoms with E-state index in [-0.39, 0.29) is 12.5 Å². The summed E-state index contributed by atoms with van der Waals surface area (Å²) in [4.78, 5) is 13.8. The van der Waals surface area contributed by atoms with E-state index in [1.54, 1.807) is 11.9 Å². The lowest BCUT2D eigenvalue weighted by molar-refractivity contribution is 0.0732. The van der Waals surface area contributed by atoms with Crippen LogP contribution >= 0.6 is 11.5 Å². The molecule has 16 heavy (non-hydrogen) atoms. The first-order chi connectivity index (χ1) is 7.65. The van der Waals surface area contributed by atoms with Crippen LogP contribution in [0.5, 0.6) is 0 Å². The van der Waals surface area contributed by atoms with E-state index in [1.165, 1.54) is 11.5 Å². The van der Waals surface area contributed by atoms with Crippen LogP contribution in [0.2, 0.25) is 0 Å². The van der Waals surface area contributed by atoms with Crippen LogP contribution in [-0.4, -0.2) is 47.0 Å². The number of aromatic nitrogens is 1. The van der Waals surface area contributed by atoms with Crippen molar-refractivity contribution in [3.8, 4) is 0 Å². The van der Waals surface area contributed by atoms with Gasteiger partial charge in [-0.05, 0) is 25.4 Å². The van der Waals surface area contributed by atoms with Crippen molar-refractivity contribution < 1.29 is 9.90 Å². The molecule has 0 aliphatic rings. The highest BCUT2D eigenvalue weighted by Crippen LogP contribution is 2.25. The second-order valence-electron chi connectivity index (χ2n) is 3.33. The van der Waals surface area contributed by atoms with Gasteiger partial charge in [0.1, 0.15) is 5.00 Å². The van der Waals surface area contributed by atoms with Gasteiger partial charge in [0, 0.05) is 20.1 Å². The highest BCUT2D eigenvalue weighted by Gasteiger charge is 2.21. The number of anilines is 1. The number of hydrogen-bond acceptors (Lipinski definition) is 5. The Morgan fingerprint density at radius 1 is 1.62 bits per heavy atom. The molecule has 1 rings (SSSR count). The molecule has 0 atom stereocenters. The fraction of sp³-hybridized carbons (Fsp3) is 0.600. The van der Waals surface area contributed by atoms with E-state index in [0.717, 1.165) is 10.7 Å².